The molecule has 0 heterocycles. The number of fused-ring (bicyclic) bond motifs is 9. The summed E-state index contributed by atoms with van der Waals surface area (Å²) in [6, 6.07) is 30.2. The molecule has 0 saturated heterocycles. The Hall–Kier alpha value is -5.20. The number of hydrogen-bond donors (Lipinski definition) is 0. The second kappa shape index (κ2) is 9.18. The first-order chi connectivity index (χ1) is 22.8. The molecule has 216 valence electrons. The molecule has 6 aliphatic carbocycles. The maximum absolute atomic E-state index is 2.58. The summed E-state index contributed by atoms with van der Waals surface area (Å²) in [7, 11) is 0. The number of rotatable bonds is 2. The average Bonchev–Trinajstić information content (AvgIpc) is 3.61. The zero-order chi connectivity index (χ0) is 29.9. The molecule has 0 nitrogen and oxygen atoms in total. The quantitative estimate of drug-likeness (QED) is 0.194. The van der Waals surface area contributed by atoms with E-state index < -0.39 is 0 Å². The van der Waals surface area contributed by atoms with Gasteiger partial charge in [-0.05, 0) is 143 Å². The van der Waals surface area contributed by atoms with E-state index in [-0.39, 0.29) is 0 Å². The smallest absolute Gasteiger partial charge is 0.0199 e. The average molecular weight is 585 g/mol. The Bertz CT molecular complexity index is 2490. The Morgan fingerprint density at radius 1 is 0.587 bits per heavy atom. The lowest BCUT2D eigenvalue weighted by atomic mass is 9.78. The van der Waals surface area contributed by atoms with Crippen LogP contribution < -0.4 is 10.4 Å². The van der Waals surface area contributed by atoms with Crippen LogP contribution in [-0.4, -0.2) is 0 Å². The van der Waals surface area contributed by atoms with Gasteiger partial charge in [0.15, 0.2) is 0 Å². The standard InChI is InChI=1S/C46H32/c1-3-12-28(13-4-1)42-38-25-36-33-20-9-17-27-18-10-21-34(41(27)33)37(36)26-39(38)43(29-14-5-2-6-15-29)46-40-24-30-16-7-8-19-31(30)32-22-11-23-35(44(32)40)45(42)46/h1-6,8-10,12-15,17-22,24-27,41H,7,11,16,23H2. The molecule has 0 spiro atoms. The van der Waals surface area contributed by atoms with Gasteiger partial charge < -0.3 is 0 Å². The minimum atomic E-state index is 0.417. The van der Waals surface area contributed by atoms with E-state index in [2.05, 4.69) is 134 Å². The van der Waals surface area contributed by atoms with Gasteiger partial charge in [0.05, 0.1) is 0 Å². The molecule has 0 saturated carbocycles. The van der Waals surface area contributed by atoms with Gasteiger partial charge in [0, 0.05) is 11.8 Å². The van der Waals surface area contributed by atoms with Crippen molar-refractivity contribution < 1.29 is 0 Å². The summed E-state index contributed by atoms with van der Waals surface area (Å²) < 4.78 is 0. The lowest BCUT2D eigenvalue weighted by Gasteiger charge is -2.25. The van der Waals surface area contributed by atoms with E-state index in [1.54, 1.807) is 5.57 Å². The third kappa shape index (κ3) is 3.19. The SMILES string of the molecule is C1=CC2C=CC=C3c4cc5c(-c6ccccc6)c6c(c(-c7ccccc7)c5cc4C(=C1)C32)C1=c2c-6cc3c(c2=CCC1)C=CCC3. The van der Waals surface area contributed by atoms with Crippen LogP contribution in [0.15, 0.2) is 121 Å². The molecule has 0 aromatic heterocycles. The van der Waals surface area contributed by atoms with Crippen molar-refractivity contribution in [3.63, 3.8) is 0 Å². The lowest BCUT2D eigenvalue weighted by molar-refractivity contribution is 0.707. The maximum Gasteiger partial charge on any atom is 0.0199 e. The van der Waals surface area contributed by atoms with E-state index in [9.17, 15) is 0 Å². The van der Waals surface area contributed by atoms with E-state index >= 15 is 0 Å². The highest BCUT2D eigenvalue weighted by molar-refractivity contribution is 6.20. The van der Waals surface area contributed by atoms with Gasteiger partial charge in [-0.25, -0.2) is 0 Å². The lowest BCUT2D eigenvalue weighted by Crippen LogP contribution is -2.33. The van der Waals surface area contributed by atoms with Crippen LogP contribution in [-0.2, 0) is 6.42 Å². The van der Waals surface area contributed by atoms with Gasteiger partial charge in [0.25, 0.3) is 0 Å². The summed E-state index contributed by atoms with van der Waals surface area (Å²) in [5.74, 6) is 0.849. The van der Waals surface area contributed by atoms with Crippen LogP contribution in [0.2, 0.25) is 0 Å². The summed E-state index contributed by atoms with van der Waals surface area (Å²) in [6.45, 7) is 0. The summed E-state index contributed by atoms with van der Waals surface area (Å²) in [5, 5.41) is 5.71. The molecular formula is C46H32. The highest BCUT2D eigenvalue weighted by Gasteiger charge is 2.39. The predicted octanol–water partition coefficient (Wildman–Crippen LogP) is 10.0. The summed E-state index contributed by atoms with van der Waals surface area (Å²) in [4.78, 5) is 0. The van der Waals surface area contributed by atoms with Crippen molar-refractivity contribution in [2.24, 2.45) is 11.8 Å². The van der Waals surface area contributed by atoms with Crippen LogP contribution in [0.5, 0.6) is 0 Å². The fraction of sp³-hybridized carbons (Fsp3) is 0.130. The van der Waals surface area contributed by atoms with Crippen LogP contribution in [0.25, 0.3) is 73.0 Å². The molecule has 0 fully saturated rings. The summed E-state index contributed by atoms with van der Waals surface area (Å²) in [5.41, 5.74) is 20.1. The molecule has 0 amide bonds. The second-order valence-corrected chi connectivity index (χ2v) is 13.7. The summed E-state index contributed by atoms with van der Waals surface area (Å²) in [6.07, 6.45) is 25.8. The Morgan fingerprint density at radius 3 is 1.91 bits per heavy atom. The van der Waals surface area contributed by atoms with E-state index in [4.69, 9.17) is 0 Å². The number of benzene rings is 5. The summed E-state index contributed by atoms with van der Waals surface area (Å²) >= 11 is 0. The predicted molar refractivity (Wildman–Crippen MR) is 194 cm³/mol. The molecule has 0 aliphatic heterocycles. The molecule has 6 aliphatic rings. The molecule has 0 heteroatoms. The van der Waals surface area contributed by atoms with Crippen LogP contribution in [0.3, 0.4) is 0 Å². The van der Waals surface area contributed by atoms with Gasteiger partial charge in [-0.15, -0.1) is 0 Å². The fourth-order valence-corrected chi connectivity index (χ4v) is 9.65. The topological polar surface area (TPSA) is 0 Å². The highest BCUT2D eigenvalue weighted by atomic mass is 14.4. The van der Waals surface area contributed by atoms with Gasteiger partial charge in [0.2, 0.25) is 0 Å². The van der Waals surface area contributed by atoms with Crippen LogP contribution in [0, 0.1) is 11.8 Å². The van der Waals surface area contributed by atoms with Crippen LogP contribution in [0.1, 0.15) is 47.1 Å². The van der Waals surface area contributed by atoms with Gasteiger partial charge in [-0.3, -0.25) is 0 Å². The van der Waals surface area contributed by atoms with Crippen molar-refractivity contribution >= 4 is 39.6 Å². The number of allylic oxidation sites excluding steroid dienone is 9. The van der Waals surface area contributed by atoms with Gasteiger partial charge >= 0.3 is 0 Å². The Kier molecular flexibility index (Phi) is 5.00. The zero-order valence-electron chi connectivity index (χ0n) is 25.7. The van der Waals surface area contributed by atoms with Crippen molar-refractivity contribution in [3.05, 3.63) is 160 Å². The Morgan fingerprint density at radius 2 is 1.24 bits per heavy atom. The van der Waals surface area contributed by atoms with Gasteiger partial charge in [-0.2, -0.15) is 0 Å². The Balaban J connectivity index is 1.37. The molecule has 2 unspecified atom stereocenters. The molecular weight excluding hydrogens is 553 g/mol. The third-order valence-electron chi connectivity index (χ3n) is 11.4. The molecule has 0 N–H and O–H groups in total. The molecule has 0 bridgehead atoms. The molecule has 5 aromatic carbocycles. The van der Waals surface area contributed by atoms with E-state index in [1.165, 1.54) is 93.6 Å². The second-order valence-electron chi connectivity index (χ2n) is 13.7. The molecule has 5 aromatic rings. The molecule has 0 radical (unpaired) electrons. The molecule has 11 rings (SSSR count). The van der Waals surface area contributed by atoms with Crippen molar-refractivity contribution in [3.8, 4) is 33.4 Å². The zero-order valence-corrected chi connectivity index (χ0v) is 25.7. The van der Waals surface area contributed by atoms with E-state index in [0.717, 1.165) is 25.7 Å². The monoisotopic (exact) mass is 584 g/mol. The highest BCUT2D eigenvalue weighted by Crippen LogP contribution is 2.57. The normalized spacial score (nSPS) is 20.4. The van der Waals surface area contributed by atoms with Crippen molar-refractivity contribution in [2.45, 2.75) is 25.7 Å². The Labute approximate surface area is 269 Å². The van der Waals surface area contributed by atoms with Crippen molar-refractivity contribution in [1.82, 2.24) is 0 Å². The van der Waals surface area contributed by atoms with Crippen LogP contribution >= 0.6 is 0 Å². The molecule has 2 atom stereocenters. The van der Waals surface area contributed by atoms with E-state index in [0.29, 0.717) is 11.8 Å². The number of aryl methyl sites for hydroxylation is 1. The number of hydrogen-bond acceptors (Lipinski definition) is 0. The van der Waals surface area contributed by atoms with Gasteiger partial charge in [0.1, 0.15) is 0 Å². The third-order valence-corrected chi connectivity index (χ3v) is 11.4. The minimum absolute atomic E-state index is 0.417. The molecule has 46 heavy (non-hydrogen) atoms. The fourth-order valence-electron chi connectivity index (χ4n) is 9.65. The van der Waals surface area contributed by atoms with Gasteiger partial charge in [-0.1, -0.05) is 115 Å². The largest absolute Gasteiger partial charge is 0.0836 e. The minimum Gasteiger partial charge on any atom is -0.0836 e. The van der Waals surface area contributed by atoms with Crippen molar-refractivity contribution in [1.29, 1.82) is 0 Å². The van der Waals surface area contributed by atoms with E-state index in [1.807, 2.05) is 0 Å². The van der Waals surface area contributed by atoms with Crippen molar-refractivity contribution in [2.75, 3.05) is 0 Å². The first kappa shape index (κ1) is 25.0. The first-order valence-corrected chi connectivity index (χ1v) is 17.0. The first-order valence-electron chi connectivity index (χ1n) is 17.0. The van der Waals surface area contributed by atoms with Crippen LogP contribution in [0.4, 0.5) is 0 Å². The maximum atomic E-state index is 2.58.